The summed E-state index contributed by atoms with van der Waals surface area (Å²) in [6, 6.07) is 11.6. The van der Waals surface area contributed by atoms with Gasteiger partial charge >= 0.3 is 0 Å². The molecule has 0 saturated carbocycles. The van der Waals surface area contributed by atoms with E-state index in [0.29, 0.717) is 19.6 Å². The van der Waals surface area contributed by atoms with Gasteiger partial charge in [-0.15, -0.1) is 0 Å². The molecule has 1 aromatic rings. The molecule has 80 valence electrons. The Morgan fingerprint density at radius 3 is 2.60 bits per heavy atom. The fourth-order valence-corrected chi connectivity index (χ4v) is 1.38. The Kier molecular flexibility index (Phi) is 4.29. The van der Waals surface area contributed by atoms with E-state index in [9.17, 15) is 0 Å². The van der Waals surface area contributed by atoms with Crippen LogP contribution in [0.3, 0.4) is 0 Å². The highest BCUT2D eigenvalue weighted by Crippen LogP contribution is 2.20. The van der Waals surface area contributed by atoms with E-state index in [1.807, 2.05) is 37.3 Å². The van der Waals surface area contributed by atoms with E-state index in [2.05, 4.69) is 6.07 Å². The fourth-order valence-electron chi connectivity index (χ4n) is 1.38. The first kappa shape index (κ1) is 11.7. The minimum Gasteiger partial charge on any atom is -0.382 e. The highest BCUT2D eigenvalue weighted by Gasteiger charge is 2.26. The zero-order chi connectivity index (χ0) is 11.1. The van der Waals surface area contributed by atoms with Crippen molar-refractivity contribution in [3.05, 3.63) is 35.9 Å². The Morgan fingerprint density at radius 1 is 1.40 bits per heavy atom. The van der Waals surface area contributed by atoms with Crippen LogP contribution in [-0.4, -0.2) is 13.2 Å². The van der Waals surface area contributed by atoms with Gasteiger partial charge in [0.15, 0.2) is 0 Å². The maximum absolute atomic E-state index is 9.11. The van der Waals surface area contributed by atoms with Gasteiger partial charge in [0.05, 0.1) is 6.07 Å². The number of nitrogens with two attached hydrogens (primary N) is 1. The molecule has 15 heavy (non-hydrogen) atoms. The van der Waals surface area contributed by atoms with Gasteiger partial charge in [-0.3, -0.25) is 0 Å². The molecule has 1 unspecified atom stereocenters. The van der Waals surface area contributed by atoms with Crippen molar-refractivity contribution in [3.8, 4) is 6.07 Å². The van der Waals surface area contributed by atoms with Gasteiger partial charge in [-0.2, -0.15) is 5.26 Å². The molecule has 0 amide bonds. The Bertz CT molecular complexity index is 331. The molecular formula is C12H16N2O. The van der Waals surface area contributed by atoms with E-state index in [1.54, 1.807) is 0 Å². The Morgan fingerprint density at radius 2 is 2.07 bits per heavy atom. The molecule has 0 aromatic heterocycles. The van der Waals surface area contributed by atoms with Crippen molar-refractivity contribution in [2.45, 2.75) is 18.9 Å². The van der Waals surface area contributed by atoms with Crippen LogP contribution in [0, 0.1) is 11.3 Å². The van der Waals surface area contributed by atoms with Gasteiger partial charge in [0.2, 0.25) is 0 Å². The molecular weight excluding hydrogens is 188 g/mol. The Hall–Kier alpha value is -1.37. The van der Waals surface area contributed by atoms with Crippen molar-refractivity contribution in [2.24, 2.45) is 5.73 Å². The second-order valence-electron chi connectivity index (χ2n) is 3.40. The molecule has 0 aliphatic carbocycles. The summed E-state index contributed by atoms with van der Waals surface area (Å²) in [5, 5.41) is 9.11. The lowest BCUT2D eigenvalue weighted by Crippen LogP contribution is -2.36. The summed E-state index contributed by atoms with van der Waals surface area (Å²) in [6.07, 6.45) is 0.515. The largest absolute Gasteiger partial charge is 0.382 e. The number of rotatable bonds is 5. The first-order valence-electron chi connectivity index (χ1n) is 5.06. The normalized spacial score (nSPS) is 14.2. The van der Waals surface area contributed by atoms with Crippen LogP contribution < -0.4 is 5.73 Å². The lowest BCUT2D eigenvalue weighted by Gasteiger charge is -2.21. The van der Waals surface area contributed by atoms with Crippen molar-refractivity contribution >= 4 is 0 Å². The summed E-state index contributed by atoms with van der Waals surface area (Å²) >= 11 is 0. The number of nitriles is 1. The minimum absolute atomic E-state index is 0.509. The number of ether oxygens (including phenoxy) is 1. The van der Waals surface area contributed by atoms with Gasteiger partial charge in [0.1, 0.15) is 5.54 Å². The Labute approximate surface area is 90.5 Å². The molecule has 0 fully saturated rings. The predicted molar refractivity (Wildman–Crippen MR) is 59.0 cm³/mol. The molecule has 0 radical (unpaired) electrons. The molecule has 0 aliphatic heterocycles. The molecule has 0 aliphatic rings. The number of hydrogen-bond donors (Lipinski definition) is 1. The molecule has 3 heteroatoms. The molecule has 2 N–H and O–H groups in total. The highest BCUT2D eigenvalue weighted by atomic mass is 16.5. The second-order valence-corrected chi connectivity index (χ2v) is 3.40. The average molecular weight is 204 g/mol. The van der Waals surface area contributed by atoms with Gasteiger partial charge in [-0.1, -0.05) is 30.3 Å². The monoisotopic (exact) mass is 204 g/mol. The average Bonchev–Trinajstić information content (AvgIpc) is 2.30. The zero-order valence-electron chi connectivity index (χ0n) is 8.94. The van der Waals surface area contributed by atoms with Crippen LogP contribution in [0.5, 0.6) is 0 Å². The van der Waals surface area contributed by atoms with Crippen molar-refractivity contribution in [1.82, 2.24) is 0 Å². The highest BCUT2D eigenvalue weighted by molar-refractivity contribution is 5.30. The van der Waals surface area contributed by atoms with Gasteiger partial charge in [-0.05, 0) is 12.5 Å². The van der Waals surface area contributed by atoms with Crippen molar-refractivity contribution < 1.29 is 4.74 Å². The summed E-state index contributed by atoms with van der Waals surface area (Å²) in [7, 11) is 0. The second kappa shape index (κ2) is 5.50. The van der Waals surface area contributed by atoms with Crippen LogP contribution in [0.1, 0.15) is 18.9 Å². The molecule has 3 nitrogen and oxygen atoms in total. The van der Waals surface area contributed by atoms with E-state index in [1.165, 1.54) is 0 Å². The van der Waals surface area contributed by atoms with Crippen molar-refractivity contribution in [1.29, 1.82) is 5.26 Å². The zero-order valence-corrected chi connectivity index (χ0v) is 8.94. The summed E-state index contributed by atoms with van der Waals surface area (Å²) in [5.41, 5.74) is 5.92. The van der Waals surface area contributed by atoms with E-state index in [0.717, 1.165) is 5.56 Å². The van der Waals surface area contributed by atoms with E-state index in [-0.39, 0.29) is 0 Å². The number of nitrogens with zero attached hydrogens (tertiary/aromatic N) is 1. The molecule has 0 heterocycles. The SMILES string of the molecule is CCOCCC(N)(C#N)c1ccccc1. The third-order valence-electron chi connectivity index (χ3n) is 2.33. The van der Waals surface area contributed by atoms with Gasteiger partial charge in [0.25, 0.3) is 0 Å². The third-order valence-corrected chi connectivity index (χ3v) is 2.33. The third kappa shape index (κ3) is 3.05. The quantitative estimate of drug-likeness (QED) is 0.744. The fraction of sp³-hybridized carbons (Fsp3) is 0.417. The van der Waals surface area contributed by atoms with E-state index >= 15 is 0 Å². The van der Waals surface area contributed by atoms with Crippen LogP contribution in [0.15, 0.2) is 30.3 Å². The van der Waals surface area contributed by atoms with Crippen LogP contribution in [0.4, 0.5) is 0 Å². The van der Waals surface area contributed by atoms with Crippen LogP contribution in [0.25, 0.3) is 0 Å². The Balaban J connectivity index is 2.73. The first-order chi connectivity index (χ1) is 7.23. The molecule has 1 aromatic carbocycles. The van der Waals surface area contributed by atoms with Gasteiger partial charge < -0.3 is 10.5 Å². The number of benzene rings is 1. The van der Waals surface area contributed by atoms with Gasteiger partial charge in [-0.25, -0.2) is 0 Å². The van der Waals surface area contributed by atoms with E-state index < -0.39 is 5.54 Å². The van der Waals surface area contributed by atoms with Crippen LogP contribution in [-0.2, 0) is 10.3 Å². The standard InChI is InChI=1S/C12H16N2O/c1-2-15-9-8-12(14,10-13)11-6-4-3-5-7-11/h3-7H,2,8-9,14H2,1H3. The van der Waals surface area contributed by atoms with Crippen LogP contribution in [0.2, 0.25) is 0 Å². The molecule has 1 rings (SSSR count). The topological polar surface area (TPSA) is 59.0 Å². The summed E-state index contributed by atoms with van der Waals surface area (Å²) in [4.78, 5) is 0. The molecule has 1 atom stereocenters. The molecule has 0 saturated heterocycles. The molecule has 0 spiro atoms. The summed E-state index contributed by atoms with van der Waals surface area (Å²) in [5.74, 6) is 0. The number of hydrogen-bond acceptors (Lipinski definition) is 3. The smallest absolute Gasteiger partial charge is 0.132 e. The summed E-state index contributed by atoms with van der Waals surface area (Å²) in [6.45, 7) is 3.08. The first-order valence-corrected chi connectivity index (χ1v) is 5.06. The maximum Gasteiger partial charge on any atom is 0.132 e. The van der Waals surface area contributed by atoms with E-state index in [4.69, 9.17) is 15.7 Å². The maximum atomic E-state index is 9.11. The predicted octanol–water partition coefficient (Wildman–Crippen LogP) is 1.79. The van der Waals surface area contributed by atoms with Gasteiger partial charge in [0, 0.05) is 19.6 Å². The molecule has 0 bridgehead atoms. The minimum atomic E-state index is -0.934. The lowest BCUT2D eigenvalue weighted by molar-refractivity contribution is 0.133. The van der Waals surface area contributed by atoms with Crippen molar-refractivity contribution in [3.63, 3.8) is 0 Å². The lowest BCUT2D eigenvalue weighted by atomic mass is 9.89. The summed E-state index contributed by atoms with van der Waals surface area (Å²) < 4.78 is 5.22. The van der Waals surface area contributed by atoms with Crippen LogP contribution >= 0.6 is 0 Å². The van der Waals surface area contributed by atoms with Crippen molar-refractivity contribution in [2.75, 3.05) is 13.2 Å².